The monoisotopic (exact) mass is 532 g/mol. The number of quaternary nitrogens is 1. The molecule has 5 nitrogen and oxygen atoms in total. The van der Waals surface area contributed by atoms with Crippen LogP contribution in [0.2, 0.25) is 0 Å². The fourth-order valence-corrected chi connectivity index (χ4v) is 4.51. The highest BCUT2D eigenvalue weighted by Gasteiger charge is 2.41. The summed E-state index contributed by atoms with van der Waals surface area (Å²) in [6.45, 7) is 0.673. The molecule has 0 saturated heterocycles. The average Bonchev–Trinajstić information content (AvgIpc) is 2.92. The summed E-state index contributed by atoms with van der Waals surface area (Å²) in [7, 11) is 1.84. The van der Waals surface area contributed by atoms with Crippen LogP contribution >= 0.6 is 0 Å². The van der Waals surface area contributed by atoms with Gasteiger partial charge in [0.25, 0.3) is 5.76 Å². The van der Waals surface area contributed by atoms with Gasteiger partial charge in [0.2, 0.25) is 11.2 Å². The molecule has 1 heterocycles. The first-order valence-electron chi connectivity index (χ1n) is 12.3. The summed E-state index contributed by atoms with van der Waals surface area (Å²) in [5.74, 6) is -2.71. The molecule has 39 heavy (non-hydrogen) atoms. The minimum atomic E-state index is -5.02. The van der Waals surface area contributed by atoms with E-state index in [1.807, 2.05) is 67.7 Å². The standard InChI is InChI=1S/C31H24F3NO4/c1-35(18-20-8-4-2-5-9-20)19-25-26(36)17-16-24-27(37)29(30(31(32,33)34)39-28(24)25)38-23-14-12-22(13-15-23)21-10-6-3-7-11-21/h2-17,36H,18-19H2,1H3/p+1. The molecule has 1 atom stereocenters. The van der Waals surface area contributed by atoms with Gasteiger partial charge in [-0.3, -0.25) is 4.79 Å². The van der Waals surface area contributed by atoms with Crippen LogP contribution in [0.5, 0.6) is 17.2 Å². The summed E-state index contributed by atoms with van der Waals surface area (Å²) < 4.78 is 53.3. The van der Waals surface area contributed by atoms with Crippen LogP contribution in [-0.2, 0) is 19.3 Å². The second-order valence-corrected chi connectivity index (χ2v) is 9.32. The van der Waals surface area contributed by atoms with E-state index in [1.165, 1.54) is 24.3 Å². The van der Waals surface area contributed by atoms with E-state index < -0.39 is 23.1 Å². The van der Waals surface area contributed by atoms with Crippen molar-refractivity contribution >= 4 is 11.0 Å². The van der Waals surface area contributed by atoms with E-state index in [2.05, 4.69) is 0 Å². The van der Waals surface area contributed by atoms with Crippen molar-refractivity contribution in [3.8, 4) is 28.4 Å². The highest BCUT2D eigenvalue weighted by atomic mass is 19.4. The van der Waals surface area contributed by atoms with E-state index in [0.717, 1.165) is 21.6 Å². The molecule has 0 amide bonds. The van der Waals surface area contributed by atoms with Gasteiger partial charge in [0.15, 0.2) is 5.58 Å². The van der Waals surface area contributed by atoms with Crippen molar-refractivity contribution in [2.45, 2.75) is 19.3 Å². The molecule has 0 spiro atoms. The maximum absolute atomic E-state index is 14.1. The fourth-order valence-electron chi connectivity index (χ4n) is 4.51. The van der Waals surface area contributed by atoms with Crippen molar-refractivity contribution in [3.63, 3.8) is 0 Å². The van der Waals surface area contributed by atoms with Gasteiger partial charge in [-0.25, -0.2) is 0 Å². The quantitative estimate of drug-likeness (QED) is 0.262. The molecule has 0 saturated carbocycles. The Kier molecular flexibility index (Phi) is 7.13. The van der Waals surface area contributed by atoms with E-state index in [1.54, 1.807) is 12.1 Å². The molecule has 0 bridgehead atoms. The number of benzene rings is 4. The van der Waals surface area contributed by atoms with Crippen molar-refractivity contribution < 1.29 is 32.3 Å². The molecule has 1 unspecified atom stereocenters. The summed E-state index contributed by atoms with van der Waals surface area (Å²) in [6.07, 6.45) is -5.02. The minimum Gasteiger partial charge on any atom is -0.507 e. The summed E-state index contributed by atoms with van der Waals surface area (Å²) >= 11 is 0. The Morgan fingerprint density at radius 2 is 1.44 bits per heavy atom. The Hall–Kier alpha value is -4.56. The van der Waals surface area contributed by atoms with Crippen LogP contribution in [0.4, 0.5) is 13.2 Å². The topological polar surface area (TPSA) is 64.1 Å². The van der Waals surface area contributed by atoms with Gasteiger partial charge in [0, 0.05) is 5.56 Å². The van der Waals surface area contributed by atoms with Crippen molar-refractivity contribution in [1.29, 1.82) is 0 Å². The first-order valence-corrected chi connectivity index (χ1v) is 12.3. The highest BCUT2D eigenvalue weighted by molar-refractivity contribution is 5.83. The highest BCUT2D eigenvalue weighted by Crippen LogP contribution is 2.40. The number of phenols is 1. The van der Waals surface area contributed by atoms with Crippen LogP contribution in [0.1, 0.15) is 16.9 Å². The van der Waals surface area contributed by atoms with E-state index in [-0.39, 0.29) is 34.6 Å². The third kappa shape index (κ3) is 5.66. The normalized spacial score (nSPS) is 12.4. The van der Waals surface area contributed by atoms with Gasteiger partial charge in [0.05, 0.1) is 18.0 Å². The number of ether oxygens (including phenoxy) is 1. The molecular weight excluding hydrogens is 507 g/mol. The summed E-state index contributed by atoms with van der Waals surface area (Å²) in [6, 6.07) is 27.9. The Morgan fingerprint density at radius 1 is 0.821 bits per heavy atom. The second-order valence-electron chi connectivity index (χ2n) is 9.32. The van der Waals surface area contributed by atoms with E-state index >= 15 is 0 Å². The molecule has 0 aliphatic heterocycles. The Labute approximate surface area is 222 Å². The van der Waals surface area contributed by atoms with Gasteiger partial charge in [-0.05, 0) is 35.4 Å². The predicted molar refractivity (Wildman–Crippen MR) is 142 cm³/mol. The lowest BCUT2D eigenvalue weighted by atomic mass is 10.1. The van der Waals surface area contributed by atoms with Gasteiger partial charge in [0.1, 0.15) is 24.6 Å². The van der Waals surface area contributed by atoms with Gasteiger partial charge < -0.3 is 19.2 Å². The summed E-state index contributed by atoms with van der Waals surface area (Å²) in [5.41, 5.74) is 1.61. The van der Waals surface area contributed by atoms with Gasteiger partial charge in [-0.2, -0.15) is 13.2 Å². The predicted octanol–water partition coefficient (Wildman–Crippen LogP) is 6.19. The van der Waals surface area contributed by atoms with Crippen LogP contribution in [-0.4, -0.2) is 12.2 Å². The maximum atomic E-state index is 14.1. The van der Waals surface area contributed by atoms with Gasteiger partial charge in [-0.1, -0.05) is 72.8 Å². The lowest BCUT2D eigenvalue weighted by molar-refractivity contribution is -0.907. The molecule has 0 radical (unpaired) electrons. The second kappa shape index (κ2) is 10.7. The molecule has 4 aromatic carbocycles. The zero-order valence-corrected chi connectivity index (χ0v) is 21.0. The molecule has 0 fully saturated rings. The number of nitrogens with one attached hydrogen (secondary N) is 1. The third-order valence-electron chi connectivity index (χ3n) is 6.36. The van der Waals surface area contributed by atoms with Gasteiger partial charge in [-0.15, -0.1) is 0 Å². The van der Waals surface area contributed by atoms with Crippen LogP contribution in [0.15, 0.2) is 106 Å². The van der Waals surface area contributed by atoms with Crippen LogP contribution in [0.25, 0.3) is 22.1 Å². The first-order chi connectivity index (χ1) is 18.7. The Bertz CT molecular complexity index is 1650. The van der Waals surface area contributed by atoms with Crippen molar-refractivity contribution in [1.82, 2.24) is 0 Å². The van der Waals surface area contributed by atoms with Crippen molar-refractivity contribution in [2.24, 2.45) is 0 Å². The SMILES string of the molecule is C[NH+](Cc1ccccc1)Cc1c(O)ccc2c(=O)c(Oc3ccc(-c4ccccc4)cc3)c(C(F)(F)F)oc12. The number of rotatable bonds is 7. The number of hydrogen-bond donors (Lipinski definition) is 2. The molecule has 1 aromatic heterocycles. The number of fused-ring (bicyclic) bond motifs is 1. The average molecular weight is 533 g/mol. The molecular formula is C31H25F3NO4+. The summed E-state index contributed by atoms with van der Waals surface area (Å²) in [4.78, 5) is 14.2. The molecule has 2 N–H and O–H groups in total. The zero-order chi connectivity index (χ0) is 27.6. The molecule has 0 aliphatic rings. The number of phenolic OH excluding ortho intramolecular Hbond substituents is 1. The summed E-state index contributed by atoms with van der Waals surface area (Å²) in [5, 5.41) is 10.4. The van der Waals surface area contributed by atoms with E-state index in [4.69, 9.17) is 9.15 Å². The lowest BCUT2D eigenvalue weighted by Crippen LogP contribution is -3.06. The van der Waals surface area contributed by atoms with E-state index in [0.29, 0.717) is 6.54 Å². The van der Waals surface area contributed by atoms with Crippen LogP contribution in [0, 0.1) is 0 Å². The van der Waals surface area contributed by atoms with Crippen molar-refractivity contribution in [2.75, 3.05) is 7.05 Å². The third-order valence-corrected chi connectivity index (χ3v) is 6.36. The number of alkyl halides is 3. The molecule has 5 rings (SSSR count). The van der Waals surface area contributed by atoms with Crippen LogP contribution < -0.4 is 15.1 Å². The number of halogens is 3. The maximum Gasteiger partial charge on any atom is 0.453 e. The first kappa shape index (κ1) is 26.1. The molecule has 0 aliphatic carbocycles. The van der Waals surface area contributed by atoms with Crippen LogP contribution in [0.3, 0.4) is 0 Å². The Balaban J connectivity index is 1.53. The fraction of sp³-hybridized carbons (Fsp3) is 0.129. The lowest BCUT2D eigenvalue weighted by Gasteiger charge is -2.18. The molecule has 5 aromatic rings. The number of hydrogen-bond acceptors (Lipinski definition) is 4. The Morgan fingerprint density at radius 3 is 2.08 bits per heavy atom. The molecule has 8 heteroatoms. The molecule has 198 valence electrons. The number of aromatic hydroxyl groups is 1. The zero-order valence-electron chi connectivity index (χ0n) is 21.0. The largest absolute Gasteiger partial charge is 0.507 e. The van der Waals surface area contributed by atoms with E-state index in [9.17, 15) is 23.1 Å². The van der Waals surface area contributed by atoms with Crippen molar-refractivity contribution in [3.05, 3.63) is 124 Å². The minimum absolute atomic E-state index is 0.0536. The smallest absolute Gasteiger partial charge is 0.453 e. The van der Waals surface area contributed by atoms with Gasteiger partial charge >= 0.3 is 6.18 Å².